The molecule has 1 unspecified atom stereocenters. The van der Waals surface area contributed by atoms with E-state index < -0.39 is 29.9 Å². The molecule has 0 spiro atoms. The number of carbonyl (C=O) groups is 4. The van der Waals surface area contributed by atoms with Crippen LogP contribution in [-0.2, 0) is 26.3 Å². The number of phenolic OH excluding ortho intramolecular Hbond substituents is 1. The van der Waals surface area contributed by atoms with Gasteiger partial charge in [-0.15, -0.1) is 17.0 Å². The molecule has 1 atom stereocenters. The predicted octanol–water partition coefficient (Wildman–Crippen LogP) is 3.53. The maximum atomic E-state index is 13.5. The fraction of sp³-hybridized carbons (Fsp3) is 0.414. The number of halogens is 1. The Morgan fingerprint density at radius 2 is 1.83 bits per heavy atom. The van der Waals surface area contributed by atoms with E-state index in [2.05, 4.69) is 5.32 Å². The van der Waals surface area contributed by atoms with Gasteiger partial charge in [-0.1, -0.05) is 20.8 Å². The molecule has 41 heavy (non-hydrogen) atoms. The number of ketones is 1. The first-order chi connectivity index (χ1) is 18.6. The number of amidine groups is 1. The van der Waals surface area contributed by atoms with E-state index in [4.69, 9.17) is 20.6 Å². The van der Waals surface area contributed by atoms with Gasteiger partial charge in [0.2, 0.25) is 5.91 Å². The van der Waals surface area contributed by atoms with Crippen molar-refractivity contribution < 1.29 is 33.8 Å². The molecule has 1 aliphatic rings. The molecule has 5 N–H and O–H groups in total. The third-order valence-electron chi connectivity index (χ3n) is 6.49. The molecule has 0 fully saturated rings. The minimum Gasteiger partial charge on any atom is -0.507 e. The average Bonchev–Trinajstić information content (AvgIpc) is 3.14. The van der Waals surface area contributed by atoms with E-state index in [9.17, 15) is 24.3 Å². The number of nitrogens with two attached hydrogens (primary N) is 1. The van der Waals surface area contributed by atoms with Crippen molar-refractivity contribution in [2.75, 3.05) is 19.8 Å². The van der Waals surface area contributed by atoms with Crippen LogP contribution in [0.4, 0.5) is 0 Å². The van der Waals surface area contributed by atoms with E-state index in [1.807, 2.05) is 20.8 Å². The number of fused-ring (bicyclic) bond motifs is 1. The van der Waals surface area contributed by atoms with Crippen LogP contribution in [0.15, 0.2) is 24.3 Å². The molecule has 0 aliphatic carbocycles. The van der Waals surface area contributed by atoms with Crippen molar-refractivity contribution in [3.8, 4) is 11.5 Å². The van der Waals surface area contributed by atoms with Gasteiger partial charge >= 0.3 is 5.97 Å². The zero-order valence-electron chi connectivity index (χ0n) is 24.0. The van der Waals surface area contributed by atoms with Crippen molar-refractivity contribution >= 4 is 46.4 Å². The molecule has 2 aromatic carbocycles. The molecule has 0 saturated carbocycles. The third-order valence-corrected chi connectivity index (χ3v) is 6.49. The summed E-state index contributed by atoms with van der Waals surface area (Å²) in [5.74, 6) is -1.88. The van der Waals surface area contributed by atoms with Crippen molar-refractivity contribution in [3.05, 3.63) is 57.6 Å². The van der Waals surface area contributed by atoms with E-state index in [-0.39, 0.29) is 71.3 Å². The van der Waals surface area contributed by atoms with E-state index in [1.165, 1.54) is 13.0 Å². The highest BCUT2D eigenvalue weighted by atomic mass is 79.9. The molecule has 0 saturated heterocycles. The van der Waals surface area contributed by atoms with Gasteiger partial charge in [0.25, 0.3) is 5.91 Å². The number of nitrogens with zero attached hydrogens (tertiary/aromatic N) is 1. The molecular formula is C29H37BrN4O7. The number of carbonyl (C=O) groups excluding carboxylic acids is 4. The summed E-state index contributed by atoms with van der Waals surface area (Å²) in [5.41, 5.74) is 7.08. The predicted molar refractivity (Wildman–Crippen MR) is 158 cm³/mol. The molecule has 0 radical (unpaired) electrons. The normalized spacial score (nSPS) is 13.1. The largest absolute Gasteiger partial charge is 0.507 e. The van der Waals surface area contributed by atoms with E-state index >= 15 is 0 Å². The molecule has 2 amide bonds. The average molecular weight is 634 g/mol. The fourth-order valence-corrected chi connectivity index (χ4v) is 4.58. The van der Waals surface area contributed by atoms with E-state index in [1.54, 1.807) is 36.9 Å². The molecule has 1 aliphatic heterocycles. The maximum Gasteiger partial charge on any atom is 0.342 e. The smallest absolute Gasteiger partial charge is 0.342 e. The van der Waals surface area contributed by atoms with Gasteiger partial charge in [-0.3, -0.25) is 19.8 Å². The van der Waals surface area contributed by atoms with Crippen molar-refractivity contribution in [3.63, 3.8) is 0 Å². The lowest BCUT2D eigenvalue weighted by molar-refractivity contribution is -0.121. The zero-order chi connectivity index (χ0) is 29.9. The summed E-state index contributed by atoms with van der Waals surface area (Å²) in [5, 5.41) is 22.4. The standard InChI is InChI=1S/C29H36N4O7.BrH/c1-7-39-24-10-18-12-33(27(31)20(18)11-21(24)28(38)40-14-25(30)36)13-23(35)17-8-19(15(2)32-16(3)34)26(37)22(9-17)29(4,5)6;/h8-11,15,31,37H,7,12-14H2,1-6H3,(H2,30,36)(H,32,34);1H. The van der Waals surface area contributed by atoms with Gasteiger partial charge in [0.15, 0.2) is 12.4 Å². The highest BCUT2D eigenvalue weighted by molar-refractivity contribution is 8.93. The Kier molecular flexibility index (Phi) is 10.7. The Hall–Kier alpha value is -3.93. The number of primary amides is 1. The summed E-state index contributed by atoms with van der Waals surface area (Å²) in [4.78, 5) is 50.4. The highest BCUT2D eigenvalue weighted by Crippen LogP contribution is 2.38. The number of Topliss-reactive ketones (excluding diaryl/α,β-unsaturated/α-hetero) is 1. The first-order valence-electron chi connectivity index (χ1n) is 12.9. The Morgan fingerprint density at radius 1 is 1.17 bits per heavy atom. The van der Waals surface area contributed by atoms with Crippen LogP contribution in [0.2, 0.25) is 0 Å². The van der Waals surface area contributed by atoms with Gasteiger partial charge in [-0.05, 0) is 49.1 Å². The number of nitrogens with one attached hydrogen (secondary N) is 2. The van der Waals surface area contributed by atoms with Crippen molar-refractivity contribution in [1.29, 1.82) is 5.41 Å². The van der Waals surface area contributed by atoms with Crippen LogP contribution >= 0.6 is 17.0 Å². The number of rotatable bonds is 10. The van der Waals surface area contributed by atoms with Crippen LogP contribution in [0.1, 0.15) is 90.6 Å². The summed E-state index contributed by atoms with van der Waals surface area (Å²) >= 11 is 0. The van der Waals surface area contributed by atoms with Crippen LogP contribution in [0.3, 0.4) is 0 Å². The summed E-state index contributed by atoms with van der Waals surface area (Å²) < 4.78 is 10.5. The lowest BCUT2D eigenvalue weighted by Crippen LogP contribution is -2.31. The minimum atomic E-state index is -0.813. The first-order valence-corrected chi connectivity index (χ1v) is 12.9. The summed E-state index contributed by atoms with van der Waals surface area (Å²) in [7, 11) is 0. The van der Waals surface area contributed by atoms with Gasteiger partial charge in [-0.2, -0.15) is 0 Å². The number of amides is 2. The van der Waals surface area contributed by atoms with Crippen LogP contribution in [0.25, 0.3) is 0 Å². The number of esters is 1. The Morgan fingerprint density at radius 3 is 2.39 bits per heavy atom. The van der Waals surface area contributed by atoms with Gasteiger partial charge in [0, 0.05) is 35.7 Å². The molecule has 222 valence electrons. The number of hydrogen-bond acceptors (Lipinski definition) is 8. The number of phenols is 1. The van der Waals surface area contributed by atoms with Crippen molar-refractivity contribution in [1.82, 2.24) is 10.2 Å². The molecule has 3 rings (SSSR count). The van der Waals surface area contributed by atoms with Gasteiger partial charge in [0.05, 0.1) is 19.2 Å². The summed E-state index contributed by atoms with van der Waals surface area (Å²) in [6.45, 7) is 10.4. The van der Waals surface area contributed by atoms with E-state index in [0.29, 0.717) is 27.8 Å². The summed E-state index contributed by atoms with van der Waals surface area (Å²) in [6, 6.07) is 5.77. The van der Waals surface area contributed by atoms with Crippen LogP contribution in [0, 0.1) is 5.41 Å². The van der Waals surface area contributed by atoms with Gasteiger partial charge < -0.3 is 30.5 Å². The topological polar surface area (TPSA) is 172 Å². The second kappa shape index (κ2) is 13.2. The zero-order valence-corrected chi connectivity index (χ0v) is 25.8. The second-order valence-corrected chi connectivity index (χ2v) is 10.7. The lowest BCUT2D eigenvalue weighted by atomic mass is 9.82. The Labute approximate surface area is 249 Å². The van der Waals surface area contributed by atoms with Crippen LogP contribution < -0.4 is 15.8 Å². The molecule has 2 aromatic rings. The number of hydrogen-bond donors (Lipinski definition) is 4. The number of benzene rings is 2. The van der Waals surface area contributed by atoms with Gasteiger partial charge in [-0.25, -0.2) is 4.79 Å². The SMILES string of the molecule is Br.CCOc1cc2c(cc1C(=O)OCC(N)=O)C(=N)N(CC(=O)c1cc(C(C)NC(C)=O)c(O)c(C(C)(C)C)c1)C2. The van der Waals surface area contributed by atoms with Crippen LogP contribution in [0.5, 0.6) is 11.5 Å². The molecule has 11 nitrogen and oxygen atoms in total. The molecule has 12 heteroatoms. The Balaban J connectivity index is 0.00000588. The van der Waals surface area contributed by atoms with Crippen molar-refractivity contribution in [2.24, 2.45) is 5.73 Å². The number of ether oxygens (including phenoxy) is 2. The second-order valence-electron chi connectivity index (χ2n) is 10.7. The number of aromatic hydroxyl groups is 1. The van der Waals surface area contributed by atoms with E-state index in [0.717, 1.165) is 0 Å². The molecule has 0 bridgehead atoms. The quantitative estimate of drug-likeness (QED) is 0.227. The third kappa shape index (κ3) is 7.63. The minimum absolute atomic E-state index is 0. The monoisotopic (exact) mass is 632 g/mol. The maximum absolute atomic E-state index is 13.5. The van der Waals surface area contributed by atoms with Gasteiger partial charge in [0.1, 0.15) is 22.9 Å². The van der Waals surface area contributed by atoms with Crippen molar-refractivity contribution in [2.45, 2.75) is 59.5 Å². The molecule has 1 heterocycles. The molecular weight excluding hydrogens is 596 g/mol. The van der Waals surface area contributed by atoms with Crippen LogP contribution in [-0.4, -0.2) is 59.2 Å². The fourth-order valence-electron chi connectivity index (χ4n) is 4.58. The Bertz CT molecular complexity index is 1380. The highest BCUT2D eigenvalue weighted by Gasteiger charge is 2.31. The lowest BCUT2D eigenvalue weighted by Gasteiger charge is -2.26. The first kappa shape index (κ1) is 33.3. The summed E-state index contributed by atoms with van der Waals surface area (Å²) in [6.07, 6.45) is 0. The molecule has 0 aromatic heterocycles.